The molecule has 19 heavy (non-hydrogen) atoms. The van der Waals surface area contributed by atoms with Crippen molar-refractivity contribution in [2.24, 2.45) is 0 Å². The van der Waals surface area contributed by atoms with E-state index in [2.05, 4.69) is 14.8 Å². The third kappa shape index (κ3) is 2.44. The molecule has 2 aromatic rings. The van der Waals surface area contributed by atoms with E-state index in [9.17, 15) is 9.59 Å². The molecule has 1 aromatic carbocycles. The smallest absolute Gasteiger partial charge is 0.377 e. The average Bonchev–Trinajstić information content (AvgIpc) is 2.87. The standard InChI is InChI=1S/C12H12N4O3/c1-7(17)9-5-8(3-4-10(9)13)16-6-14-11(15-16)12(18)19-2/h3-6H,13H2,1-2H3. The first kappa shape index (κ1) is 12.7. The molecule has 1 aromatic heterocycles. The number of methoxy groups -OCH3 is 1. The molecule has 2 rings (SSSR count). The lowest BCUT2D eigenvalue weighted by atomic mass is 10.1. The van der Waals surface area contributed by atoms with Crippen LogP contribution in [0, 0.1) is 0 Å². The minimum Gasteiger partial charge on any atom is -0.463 e. The number of nitrogen functional groups attached to an aromatic ring is 1. The maximum atomic E-state index is 11.4. The number of carbonyl (C=O) groups is 2. The number of hydrogen-bond donors (Lipinski definition) is 1. The molecule has 0 unspecified atom stereocenters. The summed E-state index contributed by atoms with van der Waals surface area (Å²) in [7, 11) is 1.25. The summed E-state index contributed by atoms with van der Waals surface area (Å²) in [6.07, 6.45) is 1.36. The van der Waals surface area contributed by atoms with E-state index in [4.69, 9.17) is 5.73 Å². The first-order valence-corrected chi connectivity index (χ1v) is 5.43. The van der Waals surface area contributed by atoms with Crippen LogP contribution in [0.25, 0.3) is 5.69 Å². The van der Waals surface area contributed by atoms with Crippen molar-refractivity contribution in [2.45, 2.75) is 6.92 Å². The first-order valence-electron chi connectivity index (χ1n) is 5.43. The Balaban J connectivity index is 2.42. The van der Waals surface area contributed by atoms with E-state index in [1.807, 2.05) is 0 Å². The summed E-state index contributed by atoms with van der Waals surface area (Å²) in [6.45, 7) is 1.43. The van der Waals surface area contributed by atoms with E-state index in [1.54, 1.807) is 18.2 Å². The van der Waals surface area contributed by atoms with Crippen molar-refractivity contribution in [3.8, 4) is 5.69 Å². The number of hydrogen-bond acceptors (Lipinski definition) is 6. The highest BCUT2D eigenvalue weighted by atomic mass is 16.5. The van der Waals surface area contributed by atoms with E-state index in [1.165, 1.54) is 25.0 Å². The lowest BCUT2D eigenvalue weighted by molar-refractivity contribution is 0.0586. The van der Waals surface area contributed by atoms with Crippen LogP contribution in [-0.2, 0) is 4.74 Å². The number of benzene rings is 1. The minimum atomic E-state index is -0.624. The van der Waals surface area contributed by atoms with Gasteiger partial charge in [-0.05, 0) is 25.1 Å². The summed E-state index contributed by atoms with van der Waals surface area (Å²) in [5, 5.41) is 3.96. The summed E-state index contributed by atoms with van der Waals surface area (Å²) in [5.41, 5.74) is 7.08. The Kier molecular flexibility index (Phi) is 3.28. The largest absolute Gasteiger partial charge is 0.463 e. The highest BCUT2D eigenvalue weighted by Gasteiger charge is 2.13. The van der Waals surface area contributed by atoms with Crippen LogP contribution in [-0.4, -0.2) is 33.6 Å². The van der Waals surface area contributed by atoms with Crippen molar-refractivity contribution in [3.05, 3.63) is 35.9 Å². The van der Waals surface area contributed by atoms with Crippen LogP contribution >= 0.6 is 0 Å². The van der Waals surface area contributed by atoms with E-state index >= 15 is 0 Å². The fourth-order valence-electron chi connectivity index (χ4n) is 1.56. The first-order chi connectivity index (χ1) is 9.02. The van der Waals surface area contributed by atoms with Gasteiger partial charge in [-0.2, -0.15) is 0 Å². The second kappa shape index (κ2) is 4.89. The fourth-order valence-corrected chi connectivity index (χ4v) is 1.56. The van der Waals surface area contributed by atoms with Gasteiger partial charge in [0.15, 0.2) is 5.78 Å². The van der Waals surface area contributed by atoms with E-state index in [-0.39, 0.29) is 11.6 Å². The zero-order valence-electron chi connectivity index (χ0n) is 10.5. The number of carbonyl (C=O) groups excluding carboxylic acids is 2. The molecule has 0 radical (unpaired) electrons. The fraction of sp³-hybridized carbons (Fsp3) is 0.167. The van der Waals surface area contributed by atoms with Crippen molar-refractivity contribution in [3.63, 3.8) is 0 Å². The Morgan fingerprint density at radius 2 is 2.11 bits per heavy atom. The maximum absolute atomic E-state index is 11.4. The molecule has 7 heteroatoms. The molecule has 0 aliphatic rings. The minimum absolute atomic E-state index is 0.0521. The number of nitrogens with zero attached hydrogens (tertiary/aromatic N) is 3. The summed E-state index contributed by atoms with van der Waals surface area (Å²) in [5.74, 6) is -0.822. The molecule has 0 bridgehead atoms. The summed E-state index contributed by atoms with van der Waals surface area (Å²) >= 11 is 0. The van der Waals surface area contributed by atoms with Gasteiger partial charge in [0, 0.05) is 11.3 Å². The number of rotatable bonds is 3. The van der Waals surface area contributed by atoms with Crippen LogP contribution in [0.1, 0.15) is 27.9 Å². The van der Waals surface area contributed by atoms with Crippen LogP contribution in [0.2, 0.25) is 0 Å². The van der Waals surface area contributed by atoms with Crippen molar-refractivity contribution in [2.75, 3.05) is 12.8 Å². The lowest BCUT2D eigenvalue weighted by Crippen LogP contribution is -2.06. The van der Waals surface area contributed by atoms with Gasteiger partial charge in [0.25, 0.3) is 5.82 Å². The third-order valence-electron chi connectivity index (χ3n) is 2.54. The van der Waals surface area contributed by atoms with Gasteiger partial charge in [0.2, 0.25) is 0 Å². The maximum Gasteiger partial charge on any atom is 0.377 e. The van der Waals surface area contributed by atoms with Crippen LogP contribution in [0.3, 0.4) is 0 Å². The molecule has 2 N–H and O–H groups in total. The SMILES string of the molecule is COC(=O)c1ncn(-c2ccc(N)c(C(C)=O)c2)n1. The second-order valence-electron chi connectivity index (χ2n) is 3.83. The molecule has 98 valence electrons. The van der Waals surface area contributed by atoms with Gasteiger partial charge in [-0.1, -0.05) is 0 Å². The van der Waals surface area contributed by atoms with E-state index in [0.29, 0.717) is 16.9 Å². The van der Waals surface area contributed by atoms with E-state index < -0.39 is 5.97 Å². The Hall–Kier alpha value is -2.70. The quantitative estimate of drug-likeness (QED) is 0.498. The third-order valence-corrected chi connectivity index (χ3v) is 2.54. The Morgan fingerprint density at radius 1 is 1.37 bits per heavy atom. The predicted molar refractivity (Wildman–Crippen MR) is 67.1 cm³/mol. The van der Waals surface area contributed by atoms with Crippen molar-refractivity contribution in [1.82, 2.24) is 14.8 Å². The molecule has 0 spiro atoms. The Bertz CT molecular complexity index is 648. The summed E-state index contributed by atoms with van der Waals surface area (Å²) in [6, 6.07) is 4.87. The van der Waals surface area contributed by atoms with Gasteiger partial charge in [-0.25, -0.2) is 14.5 Å². The van der Waals surface area contributed by atoms with Crippen molar-refractivity contribution < 1.29 is 14.3 Å². The van der Waals surface area contributed by atoms with Gasteiger partial charge >= 0.3 is 5.97 Å². The number of aromatic nitrogens is 3. The topological polar surface area (TPSA) is 100 Å². The van der Waals surface area contributed by atoms with Crippen LogP contribution < -0.4 is 5.73 Å². The van der Waals surface area contributed by atoms with Gasteiger partial charge in [-0.3, -0.25) is 4.79 Å². The predicted octanol–water partition coefficient (Wildman–Crippen LogP) is 0.839. The molecule has 0 fully saturated rings. The average molecular weight is 260 g/mol. The van der Waals surface area contributed by atoms with Gasteiger partial charge in [0.05, 0.1) is 12.8 Å². The number of ketones is 1. The molecule has 0 aliphatic heterocycles. The highest BCUT2D eigenvalue weighted by Crippen LogP contribution is 2.17. The summed E-state index contributed by atoms with van der Waals surface area (Å²) in [4.78, 5) is 26.5. The molecule has 1 heterocycles. The molecule has 0 saturated carbocycles. The van der Waals surface area contributed by atoms with Crippen molar-refractivity contribution in [1.29, 1.82) is 0 Å². The monoisotopic (exact) mass is 260 g/mol. The van der Waals surface area contributed by atoms with E-state index in [0.717, 1.165) is 0 Å². The zero-order chi connectivity index (χ0) is 14.0. The molecule has 0 atom stereocenters. The summed E-state index contributed by atoms with van der Waals surface area (Å²) < 4.78 is 5.89. The number of anilines is 1. The molecular weight excluding hydrogens is 248 g/mol. The molecule has 0 amide bonds. The molecule has 0 saturated heterocycles. The molecular formula is C12H12N4O3. The normalized spacial score (nSPS) is 10.2. The number of Topliss-reactive ketones (excluding diaryl/α,β-unsaturated/α-hetero) is 1. The number of nitrogens with two attached hydrogens (primary N) is 1. The number of esters is 1. The second-order valence-corrected chi connectivity index (χ2v) is 3.83. The Labute approximate surface area is 109 Å². The highest BCUT2D eigenvalue weighted by molar-refractivity contribution is 5.99. The van der Waals surface area contributed by atoms with Gasteiger partial charge in [0.1, 0.15) is 6.33 Å². The van der Waals surface area contributed by atoms with Gasteiger partial charge < -0.3 is 10.5 Å². The van der Waals surface area contributed by atoms with Crippen molar-refractivity contribution >= 4 is 17.4 Å². The lowest BCUT2D eigenvalue weighted by Gasteiger charge is -2.05. The molecule has 0 aliphatic carbocycles. The Morgan fingerprint density at radius 3 is 2.74 bits per heavy atom. The van der Waals surface area contributed by atoms with Gasteiger partial charge in [-0.15, -0.1) is 5.10 Å². The zero-order valence-corrected chi connectivity index (χ0v) is 10.5. The number of ether oxygens (including phenoxy) is 1. The van der Waals surface area contributed by atoms with Crippen LogP contribution in [0.15, 0.2) is 24.5 Å². The molecule has 7 nitrogen and oxygen atoms in total. The van der Waals surface area contributed by atoms with Crippen LogP contribution in [0.4, 0.5) is 5.69 Å². The van der Waals surface area contributed by atoms with Crippen LogP contribution in [0.5, 0.6) is 0 Å².